The molecule has 2 rings (SSSR count). The number of rotatable bonds is 6. The Hall–Kier alpha value is -0.500. The fraction of sp³-hybridized carbons (Fsp3) is 0.750. The maximum atomic E-state index is 11.1. The molecular formula is C12H21N3O2S2. The zero-order valence-electron chi connectivity index (χ0n) is 11.3. The van der Waals surface area contributed by atoms with Crippen LogP contribution in [0.3, 0.4) is 0 Å². The lowest BCUT2D eigenvalue weighted by atomic mass is 10.3. The van der Waals surface area contributed by atoms with Crippen LogP contribution in [0.25, 0.3) is 0 Å². The summed E-state index contributed by atoms with van der Waals surface area (Å²) in [5.41, 5.74) is 3.02. The van der Waals surface area contributed by atoms with E-state index in [9.17, 15) is 8.42 Å². The Bertz CT molecular complexity index is 465. The van der Waals surface area contributed by atoms with Crippen LogP contribution in [-0.4, -0.2) is 67.9 Å². The lowest BCUT2D eigenvalue weighted by Crippen LogP contribution is -2.46. The molecule has 0 radical (unpaired) electrons. The molecule has 0 aromatic carbocycles. The molecular weight excluding hydrogens is 282 g/mol. The molecule has 1 saturated heterocycles. The maximum Gasteiger partial charge on any atom is 0.147 e. The molecule has 1 aromatic heterocycles. The van der Waals surface area contributed by atoms with Crippen molar-refractivity contribution in [1.29, 1.82) is 0 Å². The maximum absolute atomic E-state index is 11.1. The van der Waals surface area contributed by atoms with E-state index in [4.69, 9.17) is 0 Å². The number of nitrogens with zero attached hydrogens (tertiary/aromatic N) is 3. The van der Waals surface area contributed by atoms with Crippen molar-refractivity contribution in [3.8, 4) is 0 Å². The van der Waals surface area contributed by atoms with Crippen molar-refractivity contribution in [3.63, 3.8) is 0 Å². The van der Waals surface area contributed by atoms with Gasteiger partial charge in [-0.1, -0.05) is 0 Å². The lowest BCUT2D eigenvalue weighted by Gasteiger charge is -2.34. The van der Waals surface area contributed by atoms with E-state index in [0.29, 0.717) is 5.75 Å². The lowest BCUT2D eigenvalue weighted by molar-refractivity contribution is 0.126. The van der Waals surface area contributed by atoms with Crippen LogP contribution in [0.15, 0.2) is 10.9 Å². The molecule has 2 heterocycles. The first-order chi connectivity index (χ1) is 9.03. The molecule has 1 aliphatic rings. The summed E-state index contributed by atoms with van der Waals surface area (Å²) in [5, 5.41) is 2.10. The monoisotopic (exact) mass is 303 g/mol. The van der Waals surface area contributed by atoms with Gasteiger partial charge in [0.15, 0.2) is 0 Å². The second-order valence-electron chi connectivity index (χ2n) is 5.08. The molecule has 0 spiro atoms. The molecule has 0 saturated carbocycles. The van der Waals surface area contributed by atoms with Crippen LogP contribution in [0.1, 0.15) is 12.1 Å². The van der Waals surface area contributed by atoms with Gasteiger partial charge < -0.3 is 4.90 Å². The highest BCUT2D eigenvalue weighted by Crippen LogP contribution is 2.09. The second kappa shape index (κ2) is 6.78. The van der Waals surface area contributed by atoms with Gasteiger partial charge in [-0.05, 0) is 13.0 Å². The molecule has 1 fully saturated rings. The van der Waals surface area contributed by atoms with Crippen LogP contribution in [0.4, 0.5) is 0 Å². The molecule has 7 heteroatoms. The average Bonchev–Trinajstić information content (AvgIpc) is 2.83. The fourth-order valence-corrected chi connectivity index (χ4v) is 3.47. The van der Waals surface area contributed by atoms with Crippen molar-refractivity contribution in [3.05, 3.63) is 16.6 Å². The van der Waals surface area contributed by atoms with Gasteiger partial charge >= 0.3 is 0 Å². The molecule has 0 bridgehead atoms. The third kappa shape index (κ3) is 5.56. The summed E-state index contributed by atoms with van der Waals surface area (Å²) >= 11 is 1.64. The molecule has 1 aliphatic heterocycles. The van der Waals surface area contributed by atoms with Gasteiger partial charge in [0.25, 0.3) is 0 Å². The Kier molecular flexibility index (Phi) is 5.32. The Morgan fingerprint density at radius 3 is 2.53 bits per heavy atom. The summed E-state index contributed by atoms with van der Waals surface area (Å²) in [6.07, 6.45) is 2.05. The summed E-state index contributed by atoms with van der Waals surface area (Å²) < 4.78 is 22.1. The molecule has 1 aromatic rings. The van der Waals surface area contributed by atoms with Crippen molar-refractivity contribution in [2.45, 2.75) is 13.0 Å². The summed E-state index contributed by atoms with van der Waals surface area (Å²) in [7, 11) is -2.81. The van der Waals surface area contributed by atoms with Gasteiger partial charge in [-0.3, -0.25) is 4.90 Å². The molecule has 0 atom stereocenters. The van der Waals surface area contributed by atoms with E-state index < -0.39 is 9.84 Å². The van der Waals surface area contributed by atoms with Gasteiger partial charge in [0.2, 0.25) is 0 Å². The molecule has 0 aliphatic carbocycles. The number of thiazole rings is 1. The summed E-state index contributed by atoms with van der Waals surface area (Å²) in [4.78, 5) is 9.06. The topological polar surface area (TPSA) is 53.5 Å². The smallest absolute Gasteiger partial charge is 0.147 e. The minimum absolute atomic E-state index is 0.298. The summed E-state index contributed by atoms with van der Waals surface area (Å²) in [6.45, 7) is 5.94. The normalized spacial score (nSPS) is 18.8. The Labute approximate surface area is 119 Å². The first-order valence-electron chi connectivity index (χ1n) is 6.52. The average molecular weight is 303 g/mol. The van der Waals surface area contributed by atoms with Crippen molar-refractivity contribution in [2.24, 2.45) is 0 Å². The van der Waals surface area contributed by atoms with Gasteiger partial charge in [0.05, 0.1) is 17.0 Å². The minimum Gasteiger partial charge on any atom is -0.301 e. The van der Waals surface area contributed by atoms with Crippen LogP contribution in [-0.2, 0) is 16.4 Å². The Morgan fingerprint density at radius 1 is 1.26 bits per heavy atom. The highest BCUT2D eigenvalue weighted by Gasteiger charge is 2.17. The van der Waals surface area contributed by atoms with E-state index in [1.165, 1.54) is 6.26 Å². The largest absolute Gasteiger partial charge is 0.301 e. The van der Waals surface area contributed by atoms with Crippen LogP contribution in [0.5, 0.6) is 0 Å². The summed E-state index contributed by atoms with van der Waals surface area (Å²) in [6, 6.07) is 0. The van der Waals surface area contributed by atoms with Gasteiger partial charge in [-0.2, -0.15) is 0 Å². The zero-order chi connectivity index (χ0) is 13.7. The number of aromatic nitrogens is 1. The third-order valence-electron chi connectivity index (χ3n) is 3.32. The van der Waals surface area contributed by atoms with E-state index in [-0.39, 0.29) is 0 Å². The number of hydrogen-bond donors (Lipinski definition) is 0. The first kappa shape index (κ1) is 14.9. The highest BCUT2D eigenvalue weighted by molar-refractivity contribution is 7.90. The fourth-order valence-electron chi connectivity index (χ4n) is 2.27. The van der Waals surface area contributed by atoms with Crippen molar-refractivity contribution in [1.82, 2.24) is 14.8 Å². The number of sulfone groups is 1. The van der Waals surface area contributed by atoms with Crippen LogP contribution in [0, 0.1) is 0 Å². The van der Waals surface area contributed by atoms with E-state index >= 15 is 0 Å². The molecule has 108 valence electrons. The van der Waals surface area contributed by atoms with Crippen molar-refractivity contribution in [2.75, 3.05) is 44.7 Å². The second-order valence-corrected chi connectivity index (χ2v) is 8.06. The van der Waals surface area contributed by atoms with Crippen LogP contribution < -0.4 is 0 Å². The van der Waals surface area contributed by atoms with E-state index in [2.05, 4.69) is 20.2 Å². The van der Waals surface area contributed by atoms with Crippen molar-refractivity contribution < 1.29 is 8.42 Å². The third-order valence-corrected chi connectivity index (χ3v) is 4.99. The molecule has 0 unspecified atom stereocenters. The summed E-state index contributed by atoms with van der Waals surface area (Å²) in [5.74, 6) is 0.298. The van der Waals surface area contributed by atoms with E-state index in [1.54, 1.807) is 11.3 Å². The van der Waals surface area contributed by atoms with Gasteiger partial charge in [0.1, 0.15) is 9.84 Å². The highest BCUT2D eigenvalue weighted by atomic mass is 32.2. The van der Waals surface area contributed by atoms with Crippen LogP contribution in [0.2, 0.25) is 0 Å². The SMILES string of the molecule is CS(=O)(=O)CCCN1CCN(Cc2cscn2)CC1. The molecule has 0 amide bonds. The van der Waals surface area contributed by atoms with Gasteiger partial charge in [-0.25, -0.2) is 13.4 Å². The number of piperazine rings is 1. The first-order valence-corrected chi connectivity index (χ1v) is 9.53. The molecule has 19 heavy (non-hydrogen) atoms. The predicted octanol–water partition coefficient (Wildman–Crippen LogP) is 0.695. The Balaban J connectivity index is 1.65. The van der Waals surface area contributed by atoms with E-state index in [1.807, 2.05) is 5.51 Å². The van der Waals surface area contributed by atoms with Crippen molar-refractivity contribution >= 4 is 21.2 Å². The number of hydrogen-bond acceptors (Lipinski definition) is 6. The quantitative estimate of drug-likeness (QED) is 0.774. The predicted molar refractivity (Wildman–Crippen MR) is 78.2 cm³/mol. The van der Waals surface area contributed by atoms with Gasteiger partial charge in [-0.15, -0.1) is 11.3 Å². The standard InChI is InChI=1S/C12H21N3O2S2/c1-19(16,17)8-2-3-14-4-6-15(7-5-14)9-12-10-18-11-13-12/h10-11H,2-9H2,1H3. The zero-order valence-corrected chi connectivity index (χ0v) is 12.9. The minimum atomic E-state index is -2.81. The Morgan fingerprint density at radius 2 is 1.95 bits per heavy atom. The van der Waals surface area contributed by atoms with E-state index in [0.717, 1.165) is 51.4 Å². The molecule has 5 nitrogen and oxygen atoms in total. The van der Waals surface area contributed by atoms with Crippen LogP contribution >= 0.6 is 11.3 Å². The molecule has 0 N–H and O–H groups in total. The van der Waals surface area contributed by atoms with Gasteiger partial charge in [0, 0.05) is 44.4 Å².